The molecule has 1 atom stereocenters. The van der Waals surface area contributed by atoms with E-state index in [0.717, 1.165) is 16.0 Å². The van der Waals surface area contributed by atoms with Gasteiger partial charge in [0, 0.05) is 12.2 Å². The zero-order valence-corrected chi connectivity index (χ0v) is 15.3. The highest BCUT2D eigenvalue weighted by molar-refractivity contribution is 8.02. The van der Waals surface area contributed by atoms with E-state index in [1.54, 1.807) is 25.3 Å². The molecule has 0 saturated heterocycles. The Bertz CT molecular complexity index is 681. The van der Waals surface area contributed by atoms with Gasteiger partial charge in [-0.05, 0) is 32.0 Å². The Morgan fingerprint density at radius 1 is 1.48 bits per heavy atom. The molecule has 0 radical (unpaired) electrons. The molecule has 0 aliphatic carbocycles. The van der Waals surface area contributed by atoms with Crippen molar-refractivity contribution in [2.24, 2.45) is 0 Å². The van der Waals surface area contributed by atoms with Crippen molar-refractivity contribution in [3.05, 3.63) is 23.2 Å². The number of anilines is 2. The van der Waals surface area contributed by atoms with Crippen molar-refractivity contribution in [3.63, 3.8) is 0 Å². The Morgan fingerprint density at radius 2 is 2.26 bits per heavy atom. The number of halogens is 1. The summed E-state index contributed by atoms with van der Waals surface area (Å²) in [5, 5.41) is 14.9. The van der Waals surface area contributed by atoms with Gasteiger partial charge in [-0.1, -0.05) is 34.7 Å². The zero-order chi connectivity index (χ0) is 16.8. The van der Waals surface area contributed by atoms with Crippen LogP contribution in [0.1, 0.15) is 13.8 Å². The Balaban J connectivity index is 1.95. The van der Waals surface area contributed by atoms with Crippen LogP contribution in [-0.4, -0.2) is 35.0 Å². The molecular weight excluding hydrogens is 356 g/mol. The van der Waals surface area contributed by atoms with Crippen LogP contribution in [0.3, 0.4) is 0 Å². The average molecular weight is 373 g/mol. The van der Waals surface area contributed by atoms with E-state index < -0.39 is 0 Å². The smallest absolute Gasteiger partial charge is 0.237 e. The number of nitrogens with zero attached hydrogens (tertiary/aromatic N) is 2. The van der Waals surface area contributed by atoms with Crippen LogP contribution in [-0.2, 0) is 4.79 Å². The molecule has 1 aromatic heterocycles. The van der Waals surface area contributed by atoms with Crippen LogP contribution in [0.4, 0.5) is 10.8 Å². The van der Waals surface area contributed by atoms with Gasteiger partial charge >= 0.3 is 0 Å². The second kappa shape index (κ2) is 8.37. The molecule has 0 spiro atoms. The lowest BCUT2D eigenvalue weighted by Gasteiger charge is -2.11. The minimum atomic E-state index is -0.307. The Kier molecular flexibility index (Phi) is 6.49. The SMILES string of the molecule is CCNc1nnc(SC(C)C(=O)Nc2ccc(OC)c(Cl)c2)s1. The third-order valence-electron chi connectivity index (χ3n) is 2.80. The molecule has 0 aliphatic heterocycles. The van der Waals surface area contributed by atoms with E-state index in [2.05, 4.69) is 20.8 Å². The Morgan fingerprint density at radius 3 is 2.91 bits per heavy atom. The molecule has 0 fully saturated rings. The molecule has 1 heterocycles. The lowest BCUT2D eigenvalue weighted by Crippen LogP contribution is -2.22. The highest BCUT2D eigenvalue weighted by Crippen LogP contribution is 2.30. The number of benzene rings is 1. The molecule has 9 heteroatoms. The molecule has 1 unspecified atom stereocenters. The number of amides is 1. The fraction of sp³-hybridized carbons (Fsp3) is 0.357. The largest absolute Gasteiger partial charge is 0.495 e. The molecule has 0 saturated carbocycles. The maximum Gasteiger partial charge on any atom is 0.237 e. The standard InChI is InChI=1S/C14H17ClN4O2S2/c1-4-16-13-18-19-14(23-13)22-8(2)12(20)17-9-5-6-11(21-3)10(15)7-9/h5-8H,4H2,1-3H3,(H,16,18)(H,17,20). The number of carbonyl (C=O) groups is 1. The van der Waals surface area contributed by atoms with Crippen molar-refractivity contribution < 1.29 is 9.53 Å². The van der Waals surface area contributed by atoms with Gasteiger partial charge in [0.15, 0.2) is 4.34 Å². The summed E-state index contributed by atoms with van der Waals surface area (Å²) in [4.78, 5) is 12.2. The van der Waals surface area contributed by atoms with Gasteiger partial charge in [-0.3, -0.25) is 4.79 Å². The molecule has 1 amide bonds. The fourth-order valence-electron chi connectivity index (χ4n) is 1.67. The van der Waals surface area contributed by atoms with E-state index in [1.165, 1.54) is 23.1 Å². The predicted octanol–water partition coefficient (Wildman–Crippen LogP) is 3.75. The van der Waals surface area contributed by atoms with Crippen molar-refractivity contribution in [3.8, 4) is 5.75 Å². The quantitative estimate of drug-likeness (QED) is 0.721. The maximum atomic E-state index is 12.2. The van der Waals surface area contributed by atoms with E-state index >= 15 is 0 Å². The number of thioether (sulfide) groups is 1. The molecule has 0 bridgehead atoms. The summed E-state index contributed by atoms with van der Waals surface area (Å²) < 4.78 is 5.83. The lowest BCUT2D eigenvalue weighted by atomic mass is 10.3. The highest BCUT2D eigenvalue weighted by Gasteiger charge is 2.17. The van der Waals surface area contributed by atoms with Crippen LogP contribution >= 0.6 is 34.7 Å². The van der Waals surface area contributed by atoms with Crippen LogP contribution in [0.5, 0.6) is 5.75 Å². The first-order chi connectivity index (χ1) is 11.0. The van der Waals surface area contributed by atoms with E-state index in [9.17, 15) is 4.79 Å². The van der Waals surface area contributed by atoms with Crippen LogP contribution in [0.2, 0.25) is 5.02 Å². The van der Waals surface area contributed by atoms with Crippen LogP contribution in [0.15, 0.2) is 22.5 Å². The summed E-state index contributed by atoms with van der Waals surface area (Å²) in [6.45, 7) is 4.59. The van der Waals surface area contributed by atoms with Gasteiger partial charge in [0.25, 0.3) is 0 Å². The van der Waals surface area contributed by atoms with Gasteiger partial charge in [0.2, 0.25) is 11.0 Å². The van der Waals surface area contributed by atoms with Crippen molar-refractivity contribution in [1.29, 1.82) is 0 Å². The van der Waals surface area contributed by atoms with Crippen molar-refractivity contribution in [2.75, 3.05) is 24.3 Å². The topological polar surface area (TPSA) is 76.1 Å². The molecule has 2 rings (SSSR count). The molecule has 2 aromatic rings. The molecule has 0 aliphatic rings. The third kappa shape index (κ3) is 4.98. The Labute approximate surface area is 148 Å². The summed E-state index contributed by atoms with van der Waals surface area (Å²) in [5.74, 6) is 0.438. The van der Waals surface area contributed by atoms with E-state index in [1.807, 2.05) is 13.8 Å². The van der Waals surface area contributed by atoms with Gasteiger partial charge in [-0.25, -0.2) is 0 Å². The second-order valence-electron chi connectivity index (χ2n) is 4.50. The second-order valence-corrected chi connectivity index (χ2v) is 7.47. The molecule has 2 N–H and O–H groups in total. The first-order valence-electron chi connectivity index (χ1n) is 6.92. The maximum absolute atomic E-state index is 12.2. The number of nitrogens with one attached hydrogen (secondary N) is 2. The third-order valence-corrected chi connectivity index (χ3v) is 5.16. The van der Waals surface area contributed by atoms with Gasteiger partial charge in [0.1, 0.15) is 5.75 Å². The minimum Gasteiger partial charge on any atom is -0.495 e. The Hall–Kier alpha value is -1.51. The van der Waals surface area contributed by atoms with Gasteiger partial charge < -0.3 is 15.4 Å². The van der Waals surface area contributed by atoms with Crippen LogP contribution in [0, 0.1) is 0 Å². The monoisotopic (exact) mass is 372 g/mol. The lowest BCUT2D eigenvalue weighted by molar-refractivity contribution is -0.115. The zero-order valence-electron chi connectivity index (χ0n) is 12.9. The first kappa shape index (κ1) is 17.8. The summed E-state index contributed by atoms with van der Waals surface area (Å²) in [6, 6.07) is 5.11. The predicted molar refractivity (Wildman–Crippen MR) is 96.0 cm³/mol. The molecule has 6 nitrogen and oxygen atoms in total. The van der Waals surface area contributed by atoms with E-state index in [0.29, 0.717) is 16.5 Å². The number of rotatable bonds is 7. The fourth-order valence-corrected chi connectivity index (χ4v) is 3.89. The number of methoxy groups -OCH3 is 1. The van der Waals surface area contributed by atoms with Gasteiger partial charge in [-0.15, -0.1) is 10.2 Å². The first-order valence-corrected chi connectivity index (χ1v) is 8.99. The summed E-state index contributed by atoms with van der Waals surface area (Å²) in [5.41, 5.74) is 0.624. The minimum absolute atomic E-state index is 0.128. The molecular formula is C14H17ClN4O2S2. The summed E-state index contributed by atoms with van der Waals surface area (Å²) >= 11 is 8.84. The summed E-state index contributed by atoms with van der Waals surface area (Å²) in [6.07, 6.45) is 0. The molecule has 1 aromatic carbocycles. The number of hydrogen-bond donors (Lipinski definition) is 2. The summed E-state index contributed by atoms with van der Waals surface area (Å²) in [7, 11) is 1.54. The number of carbonyl (C=O) groups excluding carboxylic acids is 1. The number of ether oxygens (including phenoxy) is 1. The van der Waals surface area contributed by atoms with Crippen molar-refractivity contribution in [1.82, 2.24) is 10.2 Å². The number of aromatic nitrogens is 2. The molecule has 124 valence electrons. The highest BCUT2D eigenvalue weighted by atomic mass is 35.5. The van der Waals surface area contributed by atoms with Gasteiger partial charge in [0.05, 0.1) is 17.4 Å². The normalized spacial score (nSPS) is 11.8. The molecule has 23 heavy (non-hydrogen) atoms. The van der Waals surface area contributed by atoms with Crippen molar-refractivity contribution >= 4 is 51.4 Å². The van der Waals surface area contributed by atoms with Crippen LogP contribution in [0.25, 0.3) is 0 Å². The van der Waals surface area contributed by atoms with Gasteiger partial charge in [-0.2, -0.15) is 0 Å². The number of hydrogen-bond acceptors (Lipinski definition) is 7. The van der Waals surface area contributed by atoms with Crippen LogP contribution < -0.4 is 15.4 Å². The van der Waals surface area contributed by atoms with Crippen molar-refractivity contribution in [2.45, 2.75) is 23.4 Å². The van der Waals surface area contributed by atoms with E-state index in [4.69, 9.17) is 16.3 Å². The average Bonchev–Trinajstić information content (AvgIpc) is 2.95. The van der Waals surface area contributed by atoms with E-state index in [-0.39, 0.29) is 11.2 Å².